The van der Waals surface area contributed by atoms with Crippen LogP contribution in [-0.4, -0.2) is 60.3 Å². The van der Waals surface area contributed by atoms with Crippen molar-refractivity contribution in [2.24, 2.45) is 0 Å². The number of aryl methyl sites for hydroxylation is 1. The van der Waals surface area contributed by atoms with Gasteiger partial charge in [0.2, 0.25) is 0 Å². The predicted molar refractivity (Wildman–Crippen MR) is 153 cm³/mol. The van der Waals surface area contributed by atoms with E-state index in [0.29, 0.717) is 24.1 Å². The van der Waals surface area contributed by atoms with Gasteiger partial charge in [0.15, 0.2) is 9.84 Å². The van der Waals surface area contributed by atoms with Crippen molar-refractivity contribution >= 4 is 32.5 Å². The fourth-order valence-electron chi connectivity index (χ4n) is 5.43. The van der Waals surface area contributed by atoms with Gasteiger partial charge in [0.1, 0.15) is 5.82 Å². The molecule has 10 heteroatoms. The molecule has 6 rings (SSSR count). The van der Waals surface area contributed by atoms with E-state index in [0.717, 1.165) is 46.8 Å². The lowest BCUT2D eigenvalue weighted by Crippen LogP contribution is -2.45. The molecule has 4 aromatic rings. The zero-order valence-corrected chi connectivity index (χ0v) is 23.3. The summed E-state index contributed by atoms with van der Waals surface area (Å²) in [6.45, 7) is 5.90. The quantitative estimate of drug-likeness (QED) is 0.392. The van der Waals surface area contributed by atoms with E-state index in [1.165, 1.54) is 6.07 Å². The number of fused-ring (bicyclic) bond motifs is 2. The number of anilines is 1. The van der Waals surface area contributed by atoms with Gasteiger partial charge in [-0.05, 0) is 74.7 Å². The second kappa shape index (κ2) is 10.6. The number of benzene rings is 1. The summed E-state index contributed by atoms with van der Waals surface area (Å²) < 4.78 is 30.8. The lowest BCUT2D eigenvalue weighted by Gasteiger charge is -2.36. The number of pyridine rings is 3. The van der Waals surface area contributed by atoms with E-state index in [1.54, 1.807) is 18.3 Å². The van der Waals surface area contributed by atoms with E-state index in [4.69, 9.17) is 14.7 Å². The minimum Gasteiger partial charge on any atom is -0.372 e. The average molecular weight is 558 g/mol. The van der Waals surface area contributed by atoms with E-state index < -0.39 is 9.84 Å². The van der Waals surface area contributed by atoms with Gasteiger partial charge in [-0.15, -0.1) is 0 Å². The Labute approximate surface area is 233 Å². The third kappa shape index (κ3) is 5.41. The highest BCUT2D eigenvalue weighted by molar-refractivity contribution is 7.91. The molecule has 0 bridgehead atoms. The molecule has 40 heavy (non-hydrogen) atoms. The average Bonchev–Trinajstić information content (AvgIpc) is 2.95. The fourth-order valence-corrected chi connectivity index (χ4v) is 7.05. The summed E-state index contributed by atoms with van der Waals surface area (Å²) in [6.07, 6.45) is 3.33. The summed E-state index contributed by atoms with van der Waals surface area (Å²) in [5.74, 6) is 0.668. The molecule has 2 atom stereocenters. The highest BCUT2D eigenvalue weighted by Crippen LogP contribution is 2.27. The van der Waals surface area contributed by atoms with Crippen LogP contribution in [0.2, 0.25) is 0 Å². The zero-order valence-electron chi connectivity index (χ0n) is 22.5. The lowest BCUT2D eigenvalue weighted by atomic mass is 10.1. The second-order valence-electron chi connectivity index (χ2n) is 10.5. The Kier molecular flexibility index (Phi) is 6.97. The topological polar surface area (TPSA) is 114 Å². The summed E-state index contributed by atoms with van der Waals surface area (Å²) in [6, 6.07) is 16.6. The summed E-state index contributed by atoms with van der Waals surface area (Å²) in [5, 5.41) is 3.74. The van der Waals surface area contributed by atoms with Crippen LogP contribution in [0.3, 0.4) is 0 Å². The van der Waals surface area contributed by atoms with E-state index in [2.05, 4.69) is 29.0 Å². The van der Waals surface area contributed by atoms with Gasteiger partial charge in [0, 0.05) is 30.2 Å². The number of morpholine rings is 1. The number of carbonyl (C=O) groups is 1. The molecule has 1 saturated heterocycles. The largest absolute Gasteiger partial charge is 0.372 e. The Morgan fingerprint density at radius 2 is 1.82 bits per heavy atom. The SMILES string of the molecule is C[C@@H]1CN(c2cccc(-c3ccc4cnc(CNC(=O)c5ccc6c(c5)S(=O)(=O)CCC6)cc4n3)n2)C[C@H](C)O1. The van der Waals surface area contributed by atoms with Gasteiger partial charge in [0.25, 0.3) is 5.91 Å². The van der Waals surface area contributed by atoms with Gasteiger partial charge < -0.3 is 15.0 Å². The zero-order chi connectivity index (χ0) is 27.9. The van der Waals surface area contributed by atoms with Crippen molar-refractivity contribution < 1.29 is 17.9 Å². The van der Waals surface area contributed by atoms with E-state index >= 15 is 0 Å². The first-order chi connectivity index (χ1) is 19.2. The minimum atomic E-state index is -3.34. The number of hydrogen-bond acceptors (Lipinski definition) is 8. The molecule has 0 unspecified atom stereocenters. The molecule has 3 aromatic heterocycles. The summed E-state index contributed by atoms with van der Waals surface area (Å²) in [4.78, 5) is 29.6. The van der Waals surface area contributed by atoms with Crippen LogP contribution < -0.4 is 10.2 Å². The van der Waals surface area contributed by atoms with Gasteiger partial charge in [0.05, 0.1) is 52.0 Å². The Morgan fingerprint density at radius 3 is 2.65 bits per heavy atom. The molecular formula is C30H31N5O4S. The van der Waals surface area contributed by atoms with Gasteiger partial charge >= 0.3 is 0 Å². The van der Waals surface area contributed by atoms with Crippen molar-refractivity contribution in [1.29, 1.82) is 0 Å². The predicted octanol–water partition coefficient (Wildman–Crippen LogP) is 3.96. The third-order valence-electron chi connectivity index (χ3n) is 7.32. The molecule has 1 fully saturated rings. The number of nitrogens with zero attached hydrogens (tertiary/aromatic N) is 4. The van der Waals surface area contributed by atoms with Gasteiger partial charge in [-0.2, -0.15) is 0 Å². The monoisotopic (exact) mass is 557 g/mol. The first kappa shape index (κ1) is 26.3. The second-order valence-corrected chi connectivity index (χ2v) is 12.6. The number of sulfone groups is 1. The van der Waals surface area contributed by atoms with Crippen LogP contribution in [0.5, 0.6) is 0 Å². The number of rotatable bonds is 5. The first-order valence-corrected chi connectivity index (χ1v) is 15.2. The van der Waals surface area contributed by atoms with E-state index in [1.807, 2.05) is 36.4 Å². The maximum atomic E-state index is 12.9. The maximum Gasteiger partial charge on any atom is 0.251 e. The lowest BCUT2D eigenvalue weighted by molar-refractivity contribution is -0.00545. The van der Waals surface area contributed by atoms with Crippen LogP contribution in [0.1, 0.15) is 41.9 Å². The minimum absolute atomic E-state index is 0.118. The standard InChI is InChI=1S/C30H31N5O4S/c1-19-17-35(18-20(2)39-19)29-7-3-6-25(34-29)26-11-10-23-15-31-24(14-27(23)33-26)16-32-30(36)22-9-8-21-5-4-12-40(37,38)28(21)13-22/h3,6-11,13-15,19-20H,4-5,12,16-18H2,1-2H3,(H,32,36)/t19-,20+. The molecular weight excluding hydrogens is 526 g/mol. The highest BCUT2D eigenvalue weighted by Gasteiger charge is 2.25. The Morgan fingerprint density at radius 1 is 1.02 bits per heavy atom. The van der Waals surface area contributed by atoms with E-state index in [9.17, 15) is 13.2 Å². The van der Waals surface area contributed by atoms with Crippen LogP contribution in [0.15, 0.2) is 65.7 Å². The molecule has 0 aliphatic carbocycles. The van der Waals surface area contributed by atoms with Crippen LogP contribution in [-0.2, 0) is 27.5 Å². The fraction of sp³-hybridized carbons (Fsp3) is 0.333. The molecule has 5 heterocycles. The van der Waals surface area contributed by atoms with Crippen molar-refractivity contribution in [3.63, 3.8) is 0 Å². The summed E-state index contributed by atoms with van der Waals surface area (Å²) >= 11 is 0. The molecule has 0 saturated carbocycles. The van der Waals surface area contributed by atoms with Crippen molar-refractivity contribution in [2.75, 3.05) is 23.7 Å². The smallest absolute Gasteiger partial charge is 0.251 e. The normalized spacial score (nSPS) is 20.2. The molecule has 1 N–H and O–H groups in total. The van der Waals surface area contributed by atoms with Crippen LogP contribution >= 0.6 is 0 Å². The molecule has 2 aliphatic heterocycles. The molecule has 1 amide bonds. The van der Waals surface area contributed by atoms with Crippen molar-refractivity contribution in [3.05, 3.63) is 77.6 Å². The van der Waals surface area contributed by atoms with Gasteiger partial charge in [-0.3, -0.25) is 9.78 Å². The van der Waals surface area contributed by atoms with Crippen molar-refractivity contribution in [3.8, 4) is 11.4 Å². The maximum absolute atomic E-state index is 12.9. The van der Waals surface area contributed by atoms with E-state index in [-0.39, 0.29) is 35.3 Å². The summed E-state index contributed by atoms with van der Waals surface area (Å²) in [7, 11) is -3.34. The van der Waals surface area contributed by atoms with Gasteiger partial charge in [-0.25, -0.2) is 18.4 Å². The Bertz CT molecular complexity index is 1700. The highest BCUT2D eigenvalue weighted by atomic mass is 32.2. The molecule has 9 nitrogen and oxygen atoms in total. The third-order valence-corrected chi connectivity index (χ3v) is 9.20. The van der Waals surface area contributed by atoms with Gasteiger partial charge in [-0.1, -0.05) is 12.1 Å². The molecule has 2 aliphatic rings. The van der Waals surface area contributed by atoms with Crippen molar-refractivity contribution in [1.82, 2.24) is 20.3 Å². The van der Waals surface area contributed by atoms with Crippen LogP contribution in [0.4, 0.5) is 5.82 Å². The molecule has 1 aromatic carbocycles. The molecule has 206 valence electrons. The number of carbonyl (C=O) groups excluding carboxylic acids is 1. The number of nitrogens with one attached hydrogen (secondary N) is 1. The first-order valence-electron chi connectivity index (χ1n) is 13.5. The number of aromatic nitrogens is 3. The van der Waals surface area contributed by atoms with Crippen LogP contribution in [0.25, 0.3) is 22.3 Å². The molecule has 0 radical (unpaired) electrons. The summed E-state index contributed by atoms with van der Waals surface area (Å²) in [5.41, 5.74) is 4.02. The Balaban J connectivity index is 1.19. The Hall–Kier alpha value is -3.89. The number of hydrogen-bond donors (Lipinski definition) is 1. The number of amides is 1. The number of ether oxygens (including phenoxy) is 1. The van der Waals surface area contributed by atoms with Crippen LogP contribution in [0, 0.1) is 0 Å². The molecule has 0 spiro atoms. The van der Waals surface area contributed by atoms with Crippen molar-refractivity contribution in [2.45, 2.75) is 50.3 Å².